The number of rotatable bonds is 8. The molecule has 1 atom stereocenters. The van der Waals surface area contributed by atoms with Crippen LogP contribution in [-0.2, 0) is 21.4 Å². The Hall–Kier alpha value is -4.33. The third-order valence-electron chi connectivity index (χ3n) is 7.14. The number of likely N-dealkylation sites (tertiary alicyclic amines) is 1. The highest BCUT2D eigenvalue weighted by Crippen LogP contribution is 2.43. The molecule has 0 radical (unpaired) electrons. The van der Waals surface area contributed by atoms with Crippen LogP contribution in [0.2, 0.25) is 0 Å². The van der Waals surface area contributed by atoms with Gasteiger partial charge in [0.2, 0.25) is 0 Å². The summed E-state index contributed by atoms with van der Waals surface area (Å²) in [7, 11) is 4.49. The molecule has 8 heteroatoms. The molecule has 1 unspecified atom stereocenters. The second kappa shape index (κ2) is 11.4. The van der Waals surface area contributed by atoms with Crippen LogP contribution < -0.4 is 14.2 Å². The summed E-state index contributed by atoms with van der Waals surface area (Å²) >= 11 is 0. The molecule has 1 amide bonds. The fourth-order valence-electron chi connectivity index (χ4n) is 4.89. The molecule has 1 heterocycles. The second-order valence-corrected chi connectivity index (χ2v) is 10.6. The number of carbonyl (C=O) groups is 2. The Morgan fingerprint density at radius 1 is 0.875 bits per heavy atom. The maximum absolute atomic E-state index is 13.6. The van der Waals surface area contributed by atoms with Gasteiger partial charge in [0.05, 0.1) is 38.5 Å². The molecule has 0 spiro atoms. The number of benzene rings is 3. The Labute approximate surface area is 233 Å². The molecule has 4 rings (SSSR count). The minimum absolute atomic E-state index is 0.0549. The van der Waals surface area contributed by atoms with Crippen molar-refractivity contribution in [1.29, 1.82) is 0 Å². The summed E-state index contributed by atoms with van der Waals surface area (Å²) < 4.78 is 29.8. The van der Waals surface area contributed by atoms with E-state index in [4.69, 9.17) is 14.2 Å². The number of aliphatic hydroxyl groups is 1. The molecule has 0 bridgehead atoms. The van der Waals surface area contributed by atoms with Crippen molar-refractivity contribution in [3.63, 3.8) is 0 Å². The molecule has 40 heavy (non-hydrogen) atoms. The standard InChI is InChI=1S/C32H34FNO6/c1-32(2,3)21-10-14-24(38-4)23(18-21)29(35)27-28(20-9-13-25(39-5)26(17-20)40-6)34(31(37)30(27)36)16-15-19-7-11-22(33)12-8-19/h7-14,17-18,28,35H,15-16H2,1-6H3/b29-27+. The van der Waals surface area contributed by atoms with Gasteiger partial charge in [0.25, 0.3) is 11.7 Å². The lowest BCUT2D eigenvalue weighted by Gasteiger charge is -2.26. The number of ether oxygens (including phenoxy) is 3. The van der Waals surface area contributed by atoms with Crippen molar-refractivity contribution in [3.05, 3.63) is 94.3 Å². The summed E-state index contributed by atoms with van der Waals surface area (Å²) in [6, 6.07) is 15.6. The quantitative estimate of drug-likeness (QED) is 0.218. The van der Waals surface area contributed by atoms with Crippen molar-refractivity contribution in [2.75, 3.05) is 27.9 Å². The van der Waals surface area contributed by atoms with Gasteiger partial charge in [-0.1, -0.05) is 45.0 Å². The van der Waals surface area contributed by atoms with Crippen LogP contribution in [0.5, 0.6) is 17.2 Å². The van der Waals surface area contributed by atoms with E-state index in [0.29, 0.717) is 34.8 Å². The first-order valence-electron chi connectivity index (χ1n) is 12.9. The van der Waals surface area contributed by atoms with Crippen LogP contribution >= 0.6 is 0 Å². The Kier molecular flexibility index (Phi) is 8.18. The molecule has 1 aliphatic rings. The lowest BCUT2D eigenvalue weighted by molar-refractivity contribution is -0.139. The molecule has 0 saturated carbocycles. The van der Waals surface area contributed by atoms with Crippen LogP contribution in [0.25, 0.3) is 5.76 Å². The predicted molar refractivity (Wildman–Crippen MR) is 150 cm³/mol. The minimum atomic E-state index is -0.914. The molecule has 1 saturated heterocycles. The van der Waals surface area contributed by atoms with Crippen molar-refractivity contribution >= 4 is 17.4 Å². The molecule has 3 aromatic carbocycles. The third-order valence-corrected chi connectivity index (χ3v) is 7.14. The summed E-state index contributed by atoms with van der Waals surface area (Å²) in [5, 5.41) is 11.7. The third kappa shape index (κ3) is 5.52. The number of Topliss-reactive ketones (excluding diaryl/α,β-unsaturated/α-hetero) is 1. The number of ketones is 1. The number of methoxy groups -OCH3 is 3. The number of carbonyl (C=O) groups excluding carboxylic acids is 2. The smallest absolute Gasteiger partial charge is 0.295 e. The van der Waals surface area contributed by atoms with E-state index in [9.17, 15) is 19.1 Å². The van der Waals surface area contributed by atoms with Crippen LogP contribution in [0.4, 0.5) is 4.39 Å². The van der Waals surface area contributed by atoms with Gasteiger partial charge in [-0.15, -0.1) is 0 Å². The molecule has 210 valence electrons. The van der Waals surface area contributed by atoms with E-state index in [2.05, 4.69) is 0 Å². The van der Waals surface area contributed by atoms with Crippen LogP contribution in [0, 0.1) is 5.82 Å². The molecule has 1 fully saturated rings. The first kappa shape index (κ1) is 28.7. The Balaban J connectivity index is 1.89. The fourth-order valence-corrected chi connectivity index (χ4v) is 4.89. The first-order valence-corrected chi connectivity index (χ1v) is 12.9. The average Bonchev–Trinajstić information content (AvgIpc) is 3.20. The van der Waals surface area contributed by atoms with E-state index in [1.54, 1.807) is 42.5 Å². The molecule has 0 aromatic heterocycles. The van der Waals surface area contributed by atoms with Crippen molar-refractivity contribution in [2.24, 2.45) is 0 Å². The van der Waals surface area contributed by atoms with Gasteiger partial charge in [0.1, 0.15) is 17.3 Å². The molecule has 7 nitrogen and oxygen atoms in total. The normalized spacial score (nSPS) is 16.8. The topological polar surface area (TPSA) is 85.3 Å². The van der Waals surface area contributed by atoms with Crippen molar-refractivity contribution in [2.45, 2.75) is 38.6 Å². The predicted octanol–water partition coefficient (Wildman–Crippen LogP) is 5.81. The fraction of sp³-hybridized carbons (Fsp3) is 0.312. The van der Waals surface area contributed by atoms with Crippen LogP contribution in [0.1, 0.15) is 49.1 Å². The van der Waals surface area contributed by atoms with E-state index in [0.717, 1.165) is 11.1 Å². The summed E-state index contributed by atoms with van der Waals surface area (Å²) in [5.41, 5.74) is 2.30. The zero-order chi connectivity index (χ0) is 29.2. The van der Waals surface area contributed by atoms with E-state index in [1.165, 1.54) is 38.4 Å². The molecule has 0 aliphatic carbocycles. The van der Waals surface area contributed by atoms with E-state index < -0.39 is 17.7 Å². The lowest BCUT2D eigenvalue weighted by atomic mass is 9.85. The summed E-state index contributed by atoms with van der Waals surface area (Å²) in [6.07, 6.45) is 0.375. The highest BCUT2D eigenvalue weighted by Gasteiger charge is 2.46. The summed E-state index contributed by atoms with van der Waals surface area (Å²) in [4.78, 5) is 28.5. The van der Waals surface area contributed by atoms with Crippen molar-refractivity contribution < 1.29 is 33.3 Å². The largest absolute Gasteiger partial charge is 0.507 e. The van der Waals surface area contributed by atoms with E-state index >= 15 is 0 Å². The number of hydrogen-bond donors (Lipinski definition) is 1. The SMILES string of the molecule is COc1ccc(C2/C(=C(\O)c3cc(C(C)(C)C)ccc3OC)C(=O)C(=O)N2CCc2ccc(F)cc2)cc1OC. The summed E-state index contributed by atoms with van der Waals surface area (Å²) in [5.74, 6) is -0.972. The Bertz CT molecular complexity index is 1460. The highest BCUT2D eigenvalue weighted by molar-refractivity contribution is 6.46. The Morgan fingerprint density at radius 2 is 1.50 bits per heavy atom. The average molecular weight is 548 g/mol. The number of hydrogen-bond acceptors (Lipinski definition) is 6. The number of amides is 1. The van der Waals surface area contributed by atoms with Gasteiger partial charge in [-0.05, 0) is 64.9 Å². The number of aliphatic hydroxyl groups excluding tert-OH is 1. The molecular weight excluding hydrogens is 513 g/mol. The van der Waals surface area contributed by atoms with Gasteiger partial charge >= 0.3 is 0 Å². The number of halogens is 1. The second-order valence-electron chi connectivity index (χ2n) is 10.6. The minimum Gasteiger partial charge on any atom is -0.507 e. The van der Waals surface area contributed by atoms with Crippen LogP contribution in [-0.4, -0.2) is 49.6 Å². The monoisotopic (exact) mass is 547 g/mol. The van der Waals surface area contributed by atoms with Gasteiger partial charge in [0, 0.05) is 6.54 Å². The molecule has 1 aliphatic heterocycles. The summed E-state index contributed by atoms with van der Waals surface area (Å²) in [6.45, 7) is 6.27. The van der Waals surface area contributed by atoms with Gasteiger partial charge < -0.3 is 24.2 Å². The highest BCUT2D eigenvalue weighted by atomic mass is 19.1. The van der Waals surface area contributed by atoms with Crippen LogP contribution in [0.3, 0.4) is 0 Å². The van der Waals surface area contributed by atoms with E-state index in [-0.39, 0.29) is 29.1 Å². The van der Waals surface area contributed by atoms with Gasteiger partial charge in [-0.25, -0.2) is 4.39 Å². The van der Waals surface area contributed by atoms with Crippen molar-refractivity contribution in [1.82, 2.24) is 4.90 Å². The number of nitrogens with zero attached hydrogens (tertiary/aromatic N) is 1. The lowest BCUT2D eigenvalue weighted by Crippen LogP contribution is -2.31. The van der Waals surface area contributed by atoms with Gasteiger partial charge in [0.15, 0.2) is 11.5 Å². The van der Waals surface area contributed by atoms with Crippen LogP contribution in [0.15, 0.2) is 66.2 Å². The van der Waals surface area contributed by atoms with Gasteiger partial charge in [-0.2, -0.15) is 0 Å². The maximum atomic E-state index is 13.6. The molecule has 1 N–H and O–H groups in total. The zero-order valence-electron chi connectivity index (χ0n) is 23.6. The zero-order valence-corrected chi connectivity index (χ0v) is 23.6. The Morgan fingerprint density at radius 3 is 2.10 bits per heavy atom. The maximum Gasteiger partial charge on any atom is 0.295 e. The van der Waals surface area contributed by atoms with Gasteiger partial charge in [-0.3, -0.25) is 9.59 Å². The molecular formula is C32H34FNO6. The van der Waals surface area contributed by atoms with Crippen molar-refractivity contribution in [3.8, 4) is 17.2 Å². The first-order chi connectivity index (χ1) is 19.0. The van der Waals surface area contributed by atoms with E-state index in [1.807, 2.05) is 26.8 Å². The molecule has 3 aromatic rings.